The van der Waals surface area contributed by atoms with Crippen molar-refractivity contribution in [3.63, 3.8) is 0 Å². The van der Waals surface area contributed by atoms with E-state index in [0.29, 0.717) is 0 Å². The molecule has 76 valence electrons. The van der Waals surface area contributed by atoms with Crippen molar-refractivity contribution in [2.24, 2.45) is 5.73 Å². The number of rotatable bonds is 2. The third-order valence-corrected chi connectivity index (χ3v) is 1.64. The van der Waals surface area contributed by atoms with Gasteiger partial charge in [0, 0.05) is 5.56 Å². The minimum absolute atomic E-state index is 0.113. The Balaban J connectivity index is 2.79. The lowest BCUT2D eigenvalue weighted by atomic mass is 10.1. The molecule has 0 atom stereocenters. The minimum Gasteiger partial charge on any atom is -0.366 e. The largest absolute Gasteiger partial charge is 0.393 e. The molecule has 0 heterocycles. The number of carbonyl (C=O) groups excluding carboxylic acids is 1. The first-order valence-corrected chi connectivity index (χ1v) is 3.84. The number of benzene rings is 1. The fraction of sp³-hybridized carbons (Fsp3) is 0.222. The van der Waals surface area contributed by atoms with Gasteiger partial charge in [0.2, 0.25) is 5.91 Å². The smallest absolute Gasteiger partial charge is 0.366 e. The fourth-order valence-corrected chi connectivity index (χ4v) is 1.02. The zero-order valence-electron chi connectivity index (χ0n) is 7.14. The molecule has 1 aromatic carbocycles. The first-order valence-electron chi connectivity index (χ1n) is 3.84. The Labute approximate surface area is 78.5 Å². The lowest BCUT2D eigenvalue weighted by Crippen LogP contribution is -2.13. The quantitative estimate of drug-likeness (QED) is 0.783. The molecule has 1 aromatic rings. The van der Waals surface area contributed by atoms with Crippen LogP contribution in [0.15, 0.2) is 24.3 Å². The van der Waals surface area contributed by atoms with Gasteiger partial charge in [-0.1, -0.05) is 12.1 Å². The van der Waals surface area contributed by atoms with Crippen molar-refractivity contribution in [2.45, 2.75) is 12.6 Å². The summed E-state index contributed by atoms with van der Waals surface area (Å²) in [6.07, 6.45) is -5.22. The Hall–Kier alpha value is -1.52. The number of primary amides is 1. The monoisotopic (exact) mass is 203 g/mol. The van der Waals surface area contributed by atoms with Gasteiger partial charge in [-0.2, -0.15) is 13.2 Å². The van der Waals surface area contributed by atoms with Gasteiger partial charge >= 0.3 is 6.18 Å². The highest BCUT2D eigenvalue weighted by Crippen LogP contribution is 2.21. The van der Waals surface area contributed by atoms with Crippen molar-refractivity contribution in [1.29, 1.82) is 0 Å². The van der Waals surface area contributed by atoms with Crippen LogP contribution < -0.4 is 5.73 Å². The number of nitrogens with two attached hydrogens (primary N) is 1. The molecule has 2 nitrogen and oxygen atoms in total. The molecule has 0 aliphatic heterocycles. The van der Waals surface area contributed by atoms with Crippen LogP contribution in [-0.2, 0) is 6.42 Å². The third kappa shape index (κ3) is 3.08. The predicted molar refractivity (Wildman–Crippen MR) is 44.7 cm³/mol. The molecule has 0 aromatic heterocycles. The maximum atomic E-state index is 11.9. The van der Waals surface area contributed by atoms with Crippen molar-refractivity contribution in [2.75, 3.05) is 0 Å². The van der Waals surface area contributed by atoms with Gasteiger partial charge in [0.25, 0.3) is 0 Å². The van der Waals surface area contributed by atoms with Crippen LogP contribution in [0.5, 0.6) is 0 Å². The van der Waals surface area contributed by atoms with Gasteiger partial charge in [0.1, 0.15) is 0 Å². The van der Waals surface area contributed by atoms with Crippen LogP contribution in [0.25, 0.3) is 0 Å². The van der Waals surface area contributed by atoms with Crippen LogP contribution in [0.1, 0.15) is 15.9 Å². The Morgan fingerprint density at radius 3 is 2.07 bits per heavy atom. The molecule has 0 radical (unpaired) electrons. The predicted octanol–water partition coefficient (Wildman–Crippen LogP) is 1.89. The second-order valence-electron chi connectivity index (χ2n) is 2.85. The van der Waals surface area contributed by atoms with E-state index in [9.17, 15) is 18.0 Å². The van der Waals surface area contributed by atoms with E-state index in [-0.39, 0.29) is 11.1 Å². The maximum absolute atomic E-state index is 11.9. The molecule has 0 saturated carbocycles. The van der Waals surface area contributed by atoms with E-state index >= 15 is 0 Å². The van der Waals surface area contributed by atoms with Crippen LogP contribution in [-0.4, -0.2) is 12.1 Å². The summed E-state index contributed by atoms with van der Waals surface area (Å²) in [4.78, 5) is 10.6. The van der Waals surface area contributed by atoms with Crippen LogP contribution in [0.4, 0.5) is 13.2 Å². The van der Waals surface area contributed by atoms with Gasteiger partial charge in [-0.25, -0.2) is 0 Å². The van der Waals surface area contributed by atoms with E-state index in [4.69, 9.17) is 5.73 Å². The van der Waals surface area contributed by atoms with Crippen LogP contribution in [0.2, 0.25) is 0 Å². The topological polar surface area (TPSA) is 43.1 Å². The van der Waals surface area contributed by atoms with Crippen molar-refractivity contribution >= 4 is 5.91 Å². The summed E-state index contributed by atoms with van der Waals surface area (Å²) in [7, 11) is 0. The number of alkyl halides is 3. The molecule has 0 saturated heterocycles. The average molecular weight is 203 g/mol. The highest BCUT2D eigenvalue weighted by Gasteiger charge is 2.27. The second-order valence-corrected chi connectivity index (χ2v) is 2.85. The van der Waals surface area contributed by atoms with Crippen molar-refractivity contribution in [1.82, 2.24) is 0 Å². The Morgan fingerprint density at radius 1 is 1.21 bits per heavy atom. The molecule has 1 amide bonds. The summed E-state index contributed by atoms with van der Waals surface area (Å²) in [6, 6.07) is 5.05. The molecule has 5 heteroatoms. The molecule has 0 aliphatic carbocycles. The van der Waals surface area contributed by atoms with E-state index in [1.54, 1.807) is 0 Å². The normalized spacial score (nSPS) is 11.4. The highest BCUT2D eigenvalue weighted by atomic mass is 19.4. The Kier molecular flexibility index (Phi) is 2.78. The first kappa shape index (κ1) is 10.6. The molecule has 0 bridgehead atoms. The molecule has 0 fully saturated rings. The third-order valence-electron chi connectivity index (χ3n) is 1.64. The van der Waals surface area contributed by atoms with Gasteiger partial charge in [-0.15, -0.1) is 0 Å². The summed E-state index contributed by atoms with van der Waals surface area (Å²) in [5.74, 6) is -0.649. The summed E-state index contributed by atoms with van der Waals surface area (Å²) < 4.78 is 35.7. The lowest BCUT2D eigenvalue weighted by molar-refractivity contribution is -0.127. The van der Waals surface area contributed by atoms with Gasteiger partial charge in [-0.3, -0.25) is 4.79 Å². The van der Waals surface area contributed by atoms with Gasteiger partial charge in [0.15, 0.2) is 0 Å². The van der Waals surface area contributed by atoms with Crippen molar-refractivity contribution < 1.29 is 18.0 Å². The van der Waals surface area contributed by atoms with Crippen LogP contribution in [0, 0.1) is 0 Å². The average Bonchev–Trinajstić information content (AvgIpc) is 2.02. The van der Waals surface area contributed by atoms with E-state index in [2.05, 4.69) is 0 Å². The Bertz CT molecular complexity index is 329. The van der Waals surface area contributed by atoms with E-state index < -0.39 is 18.5 Å². The molecule has 14 heavy (non-hydrogen) atoms. The zero-order chi connectivity index (χ0) is 10.8. The molecule has 0 unspecified atom stereocenters. The Morgan fingerprint density at radius 2 is 1.71 bits per heavy atom. The van der Waals surface area contributed by atoms with Crippen molar-refractivity contribution in [3.05, 3.63) is 35.4 Å². The maximum Gasteiger partial charge on any atom is 0.393 e. The van der Waals surface area contributed by atoms with E-state index in [0.717, 1.165) is 0 Å². The van der Waals surface area contributed by atoms with Crippen molar-refractivity contribution in [3.8, 4) is 0 Å². The van der Waals surface area contributed by atoms with Crippen LogP contribution >= 0.6 is 0 Å². The number of hydrogen-bond donors (Lipinski definition) is 1. The molecule has 0 spiro atoms. The number of halogens is 3. The van der Waals surface area contributed by atoms with E-state index in [1.807, 2.05) is 0 Å². The standard InChI is InChI=1S/C9H8F3NO/c10-9(11,12)5-6-1-3-7(4-2-6)8(13)14/h1-4H,5H2,(H2,13,14). The summed E-state index contributed by atoms with van der Waals surface area (Å²) in [5.41, 5.74) is 5.25. The molecule has 0 aliphatic rings. The summed E-state index contributed by atoms with van der Waals surface area (Å²) in [5, 5.41) is 0. The molecular weight excluding hydrogens is 195 g/mol. The lowest BCUT2D eigenvalue weighted by Gasteiger charge is -2.05. The summed E-state index contributed by atoms with van der Waals surface area (Å²) >= 11 is 0. The number of hydrogen-bond acceptors (Lipinski definition) is 1. The first-order chi connectivity index (χ1) is 6.38. The van der Waals surface area contributed by atoms with Gasteiger partial charge in [-0.05, 0) is 17.7 Å². The highest BCUT2D eigenvalue weighted by molar-refractivity contribution is 5.92. The van der Waals surface area contributed by atoms with Gasteiger partial charge < -0.3 is 5.73 Å². The SMILES string of the molecule is NC(=O)c1ccc(CC(F)(F)F)cc1. The molecule has 1 rings (SSSR count). The van der Waals surface area contributed by atoms with Gasteiger partial charge in [0.05, 0.1) is 6.42 Å². The van der Waals surface area contributed by atoms with Crippen LogP contribution in [0.3, 0.4) is 0 Å². The fourth-order valence-electron chi connectivity index (χ4n) is 1.02. The number of amides is 1. The summed E-state index contributed by atoms with van der Waals surface area (Å²) in [6.45, 7) is 0. The second kappa shape index (κ2) is 3.69. The molecule has 2 N–H and O–H groups in total. The molecular formula is C9H8F3NO. The number of carbonyl (C=O) groups is 1. The zero-order valence-corrected chi connectivity index (χ0v) is 7.14. The van der Waals surface area contributed by atoms with E-state index in [1.165, 1.54) is 24.3 Å². The minimum atomic E-state index is -4.23.